The van der Waals surface area contributed by atoms with E-state index in [1.807, 2.05) is 28.8 Å². The van der Waals surface area contributed by atoms with E-state index in [0.717, 1.165) is 40.9 Å². The number of nitrogens with one attached hydrogen (secondary N) is 1. The van der Waals surface area contributed by atoms with Crippen LogP contribution in [0.3, 0.4) is 0 Å². The summed E-state index contributed by atoms with van der Waals surface area (Å²) in [5, 5.41) is 14.4. The Morgan fingerprint density at radius 3 is 2.67 bits per heavy atom. The van der Waals surface area contributed by atoms with Crippen LogP contribution in [0.4, 0.5) is 5.69 Å². The van der Waals surface area contributed by atoms with Gasteiger partial charge in [-0.2, -0.15) is 0 Å². The van der Waals surface area contributed by atoms with Crippen molar-refractivity contribution >= 4 is 34.7 Å². The van der Waals surface area contributed by atoms with Crippen LogP contribution in [0.2, 0.25) is 0 Å². The number of thiophene rings is 1. The third-order valence-electron chi connectivity index (χ3n) is 4.00. The highest BCUT2D eigenvalue weighted by atomic mass is 32.2. The Bertz CT molecular complexity index is 903. The first kappa shape index (κ1) is 19.4. The van der Waals surface area contributed by atoms with Crippen LogP contribution in [0.15, 0.2) is 40.9 Å². The molecule has 3 rings (SSSR count). The number of hydrogen-bond acceptors (Lipinski definition) is 6. The van der Waals surface area contributed by atoms with Gasteiger partial charge in [0, 0.05) is 28.1 Å². The summed E-state index contributed by atoms with van der Waals surface area (Å²) in [6.07, 6.45) is 1.01. The lowest BCUT2D eigenvalue weighted by Crippen LogP contribution is -2.14. The molecule has 0 aliphatic rings. The van der Waals surface area contributed by atoms with Crippen molar-refractivity contribution in [2.75, 3.05) is 18.2 Å². The fourth-order valence-corrected chi connectivity index (χ4v) is 4.19. The number of aryl methyl sites for hydroxylation is 1. The van der Waals surface area contributed by atoms with Gasteiger partial charge in [0.05, 0.1) is 12.9 Å². The van der Waals surface area contributed by atoms with Crippen LogP contribution in [0.25, 0.3) is 11.4 Å². The van der Waals surface area contributed by atoms with E-state index >= 15 is 0 Å². The van der Waals surface area contributed by atoms with Gasteiger partial charge in [-0.05, 0) is 43.7 Å². The molecule has 8 heteroatoms. The van der Waals surface area contributed by atoms with E-state index in [0.29, 0.717) is 0 Å². The second kappa shape index (κ2) is 9.05. The van der Waals surface area contributed by atoms with Gasteiger partial charge >= 0.3 is 0 Å². The molecule has 3 aromatic rings. The van der Waals surface area contributed by atoms with E-state index < -0.39 is 0 Å². The minimum atomic E-state index is -0.0822. The maximum Gasteiger partial charge on any atom is 0.234 e. The minimum absolute atomic E-state index is 0.0822. The third kappa shape index (κ3) is 4.70. The minimum Gasteiger partial charge on any atom is -0.497 e. The molecule has 1 aromatic carbocycles. The molecule has 1 amide bonds. The van der Waals surface area contributed by atoms with Gasteiger partial charge in [0.15, 0.2) is 11.0 Å². The number of thioether (sulfide) groups is 1. The summed E-state index contributed by atoms with van der Waals surface area (Å²) in [6.45, 7) is 4.95. The van der Waals surface area contributed by atoms with E-state index in [9.17, 15) is 4.79 Å². The first-order valence-corrected chi connectivity index (χ1v) is 10.6. The van der Waals surface area contributed by atoms with Crippen molar-refractivity contribution in [3.8, 4) is 17.1 Å². The average Bonchev–Trinajstić information content (AvgIpc) is 3.33. The maximum atomic E-state index is 12.2. The Balaban J connectivity index is 1.64. The van der Waals surface area contributed by atoms with Gasteiger partial charge in [0.1, 0.15) is 5.75 Å². The van der Waals surface area contributed by atoms with Crippen molar-refractivity contribution in [2.24, 2.45) is 0 Å². The van der Waals surface area contributed by atoms with Crippen LogP contribution < -0.4 is 10.1 Å². The molecule has 0 radical (unpaired) electrons. The SMILES string of the molecule is CCc1cc(-c2nnc(SCC(=O)Nc3ccc(OC)cc3)n2CC)cs1. The maximum absolute atomic E-state index is 12.2. The number of aromatic nitrogens is 3. The summed E-state index contributed by atoms with van der Waals surface area (Å²) < 4.78 is 7.17. The zero-order chi connectivity index (χ0) is 19.2. The van der Waals surface area contributed by atoms with E-state index in [2.05, 4.69) is 40.8 Å². The van der Waals surface area contributed by atoms with E-state index in [1.165, 1.54) is 16.6 Å². The van der Waals surface area contributed by atoms with Gasteiger partial charge in [-0.25, -0.2) is 0 Å². The number of carbonyl (C=O) groups excluding carboxylic acids is 1. The summed E-state index contributed by atoms with van der Waals surface area (Å²) in [4.78, 5) is 13.6. The first-order chi connectivity index (χ1) is 13.1. The van der Waals surface area contributed by atoms with Crippen LogP contribution >= 0.6 is 23.1 Å². The standard InChI is InChI=1S/C19H22N4O2S2/c1-4-16-10-13(11-26-16)18-21-22-19(23(18)5-2)27-12-17(24)20-14-6-8-15(25-3)9-7-14/h6-11H,4-5,12H2,1-3H3,(H,20,24). The normalized spacial score (nSPS) is 10.8. The lowest BCUT2D eigenvalue weighted by atomic mass is 10.2. The number of anilines is 1. The molecule has 0 atom stereocenters. The molecule has 0 saturated carbocycles. The smallest absolute Gasteiger partial charge is 0.234 e. The molecule has 0 aliphatic carbocycles. The molecular formula is C19H22N4O2S2. The quantitative estimate of drug-likeness (QED) is 0.568. The molecule has 0 saturated heterocycles. The molecule has 6 nitrogen and oxygen atoms in total. The van der Waals surface area contributed by atoms with Crippen LogP contribution in [0.5, 0.6) is 5.75 Å². The van der Waals surface area contributed by atoms with Gasteiger partial charge in [-0.3, -0.25) is 4.79 Å². The van der Waals surface area contributed by atoms with Gasteiger partial charge in [-0.1, -0.05) is 18.7 Å². The fourth-order valence-electron chi connectivity index (χ4n) is 2.58. The highest BCUT2D eigenvalue weighted by molar-refractivity contribution is 7.99. The van der Waals surface area contributed by atoms with Crippen LogP contribution in [-0.4, -0.2) is 33.5 Å². The van der Waals surface area contributed by atoms with E-state index in [1.54, 1.807) is 18.4 Å². The molecule has 1 N–H and O–H groups in total. The highest BCUT2D eigenvalue weighted by Crippen LogP contribution is 2.28. The van der Waals surface area contributed by atoms with Crippen molar-refractivity contribution in [3.05, 3.63) is 40.6 Å². The summed E-state index contributed by atoms with van der Waals surface area (Å²) in [5.74, 6) is 1.80. The summed E-state index contributed by atoms with van der Waals surface area (Å²) in [6, 6.07) is 9.42. The number of rotatable bonds is 8. The molecule has 142 valence electrons. The van der Waals surface area contributed by atoms with E-state index in [-0.39, 0.29) is 11.7 Å². The molecule has 27 heavy (non-hydrogen) atoms. The third-order valence-corrected chi connectivity index (χ3v) is 6.05. The molecule has 0 aliphatic heterocycles. The van der Waals surface area contributed by atoms with Crippen LogP contribution in [-0.2, 0) is 17.8 Å². The van der Waals surface area contributed by atoms with Crippen molar-refractivity contribution in [1.82, 2.24) is 14.8 Å². The Morgan fingerprint density at radius 1 is 1.26 bits per heavy atom. The molecule has 0 unspecified atom stereocenters. The van der Waals surface area contributed by atoms with Crippen LogP contribution in [0.1, 0.15) is 18.7 Å². The summed E-state index contributed by atoms with van der Waals surface area (Å²) in [5.41, 5.74) is 1.82. The predicted octanol–water partition coefficient (Wildman–Crippen LogP) is 4.33. The highest BCUT2D eigenvalue weighted by Gasteiger charge is 2.15. The number of amides is 1. The topological polar surface area (TPSA) is 69.0 Å². The lowest BCUT2D eigenvalue weighted by Gasteiger charge is -2.07. The Labute approximate surface area is 167 Å². The number of nitrogens with zero attached hydrogens (tertiary/aromatic N) is 3. The predicted molar refractivity (Wildman–Crippen MR) is 111 cm³/mol. The molecular weight excluding hydrogens is 380 g/mol. The van der Waals surface area contributed by atoms with Gasteiger partial charge in [0.2, 0.25) is 5.91 Å². The summed E-state index contributed by atoms with van der Waals surface area (Å²) in [7, 11) is 1.61. The Kier molecular flexibility index (Phi) is 6.52. The zero-order valence-electron chi connectivity index (χ0n) is 15.6. The molecule has 2 heterocycles. The second-order valence-electron chi connectivity index (χ2n) is 5.77. The largest absolute Gasteiger partial charge is 0.497 e. The number of carbonyl (C=O) groups is 1. The number of hydrogen-bond donors (Lipinski definition) is 1. The van der Waals surface area contributed by atoms with Crippen molar-refractivity contribution in [1.29, 1.82) is 0 Å². The van der Waals surface area contributed by atoms with Crippen molar-refractivity contribution in [3.63, 3.8) is 0 Å². The first-order valence-electron chi connectivity index (χ1n) is 8.72. The molecule has 0 fully saturated rings. The van der Waals surface area contributed by atoms with Crippen LogP contribution in [0, 0.1) is 0 Å². The number of methoxy groups -OCH3 is 1. The zero-order valence-corrected chi connectivity index (χ0v) is 17.2. The Morgan fingerprint density at radius 2 is 2.04 bits per heavy atom. The summed E-state index contributed by atoms with van der Waals surface area (Å²) >= 11 is 3.12. The molecule has 0 bridgehead atoms. The second-order valence-corrected chi connectivity index (χ2v) is 7.71. The lowest BCUT2D eigenvalue weighted by molar-refractivity contribution is -0.113. The fraction of sp³-hybridized carbons (Fsp3) is 0.316. The van der Waals surface area contributed by atoms with Crippen molar-refractivity contribution < 1.29 is 9.53 Å². The number of benzene rings is 1. The van der Waals surface area contributed by atoms with Gasteiger partial charge in [0.25, 0.3) is 0 Å². The van der Waals surface area contributed by atoms with Gasteiger partial charge in [-0.15, -0.1) is 21.5 Å². The van der Waals surface area contributed by atoms with E-state index in [4.69, 9.17) is 4.74 Å². The van der Waals surface area contributed by atoms with Gasteiger partial charge < -0.3 is 14.6 Å². The number of ether oxygens (including phenoxy) is 1. The Hall–Kier alpha value is -2.32. The monoisotopic (exact) mass is 402 g/mol. The molecule has 2 aromatic heterocycles. The molecule has 0 spiro atoms. The van der Waals surface area contributed by atoms with Crippen molar-refractivity contribution in [2.45, 2.75) is 32.0 Å². The average molecular weight is 403 g/mol.